The first-order chi connectivity index (χ1) is 5.77. The van der Waals surface area contributed by atoms with Crippen molar-refractivity contribution in [3.05, 3.63) is 34.6 Å². The summed E-state index contributed by atoms with van der Waals surface area (Å²) < 4.78 is 0.714. The zero-order valence-electron chi connectivity index (χ0n) is 6.24. The third-order valence-corrected chi connectivity index (χ3v) is 2.20. The Morgan fingerprint density at radius 3 is 2.92 bits per heavy atom. The Morgan fingerprint density at radius 1 is 1.33 bits per heavy atom. The number of hydrogen-bond donors (Lipinski definition) is 1. The molecule has 0 fully saturated rings. The van der Waals surface area contributed by atoms with E-state index in [0.29, 0.717) is 10.00 Å². The van der Waals surface area contributed by atoms with E-state index < -0.39 is 0 Å². The SMILES string of the molecule is O=c1[nH]c([AsH2])nc2ccccc12. The molecule has 4 heteroatoms. The fourth-order valence-electron chi connectivity index (χ4n) is 1.10. The Labute approximate surface area is 77.3 Å². The molecule has 2 rings (SSSR count). The number of hydrogen-bond acceptors (Lipinski definition) is 2. The van der Waals surface area contributed by atoms with Gasteiger partial charge in [0.2, 0.25) is 0 Å². The van der Waals surface area contributed by atoms with Crippen molar-refractivity contribution in [2.75, 3.05) is 0 Å². The molecule has 1 heterocycles. The summed E-state index contributed by atoms with van der Waals surface area (Å²) in [5.41, 5.74) is 0.709. The number of nitrogens with one attached hydrogen (secondary N) is 1. The molecule has 0 aliphatic heterocycles. The molecule has 0 radical (unpaired) electrons. The van der Waals surface area contributed by atoms with Crippen molar-refractivity contribution in [3.63, 3.8) is 0 Å². The summed E-state index contributed by atoms with van der Waals surface area (Å²) in [4.78, 5) is 18.2. The second kappa shape index (κ2) is 2.76. The van der Waals surface area contributed by atoms with E-state index in [0.717, 1.165) is 5.52 Å². The van der Waals surface area contributed by atoms with Crippen LogP contribution in [0, 0.1) is 0 Å². The molecule has 0 saturated heterocycles. The van der Waals surface area contributed by atoms with Crippen LogP contribution in [-0.2, 0) is 0 Å². The van der Waals surface area contributed by atoms with E-state index in [1.807, 2.05) is 18.2 Å². The molecule has 0 saturated carbocycles. The second-order valence-corrected chi connectivity index (χ2v) is 3.62. The average Bonchev–Trinajstić information content (AvgIpc) is 2.04. The Kier molecular flexibility index (Phi) is 1.74. The van der Waals surface area contributed by atoms with Crippen LogP contribution in [0.1, 0.15) is 0 Å². The van der Waals surface area contributed by atoms with Crippen LogP contribution in [0.5, 0.6) is 0 Å². The van der Waals surface area contributed by atoms with Crippen molar-refractivity contribution in [1.82, 2.24) is 9.97 Å². The van der Waals surface area contributed by atoms with Crippen LogP contribution in [0.3, 0.4) is 0 Å². The van der Waals surface area contributed by atoms with Gasteiger partial charge in [-0.3, -0.25) is 0 Å². The minimum absolute atomic E-state index is 0.0556. The van der Waals surface area contributed by atoms with Gasteiger partial charge in [-0.15, -0.1) is 0 Å². The molecule has 12 heavy (non-hydrogen) atoms. The fraction of sp³-hybridized carbons (Fsp3) is 0. The molecule has 0 aliphatic rings. The molecule has 1 N–H and O–H groups in total. The van der Waals surface area contributed by atoms with E-state index in [9.17, 15) is 4.79 Å². The van der Waals surface area contributed by atoms with Gasteiger partial charge in [0.05, 0.1) is 0 Å². The first kappa shape index (κ1) is 7.56. The van der Waals surface area contributed by atoms with Gasteiger partial charge in [0.1, 0.15) is 0 Å². The summed E-state index contributed by atoms with van der Waals surface area (Å²) in [6.07, 6.45) is 0. The molecule has 3 nitrogen and oxygen atoms in total. The molecule has 0 bridgehead atoms. The fourth-order valence-corrected chi connectivity index (χ4v) is 1.67. The van der Waals surface area contributed by atoms with Crippen LogP contribution < -0.4 is 10.2 Å². The number of aromatic nitrogens is 2. The number of rotatable bonds is 0. The summed E-state index contributed by atoms with van der Waals surface area (Å²) >= 11 is 1.32. The van der Waals surface area contributed by atoms with Gasteiger partial charge in [-0.2, -0.15) is 0 Å². The van der Waals surface area contributed by atoms with Gasteiger partial charge in [0.15, 0.2) is 0 Å². The molecular formula is C8H7AsN2O. The van der Waals surface area contributed by atoms with E-state index in [2.05, 4.69) is 9.97 Å². The number of fused-ring (bicyclic) bond motifs is 1. The number of nitrogens with zero attached hydrogens (tertiary/aromatic N) is 1. The first-order valence-corrected chi connectivity index (χ1v) is 4.73. The van der Waals surface area contributed by atoms with Crippen LogP contribution in [0.4, 0.5) is 0 Å². The van der Waals surface area contributed by atoms with Crippen LogP contribution in [0.25, 0.3) is 10.9 Å². The first-order valence-electron chi connectivity index (χ1n) is 3.52. The molecule has 1 unspecified atom stereocenters. The van der Waals surface area contributed by atoms with Crippen molar-refractivity contribution < 1.29 is 0 Å². The minimum atomic E-state index is -0.0556. The number of benzene rings is 1. The maximum absolute atomic E-state index is 11.3. The van der Waals surface area contributed by atoms with Gasteiger partial charge in [-0.1, -0.05) is 0 Å². The Hall–Kier alpha value is -1.08. The van der Waals surface area contributed by atoms with E-state index in [1.54, 1.807) is 6.07 Å². The predicted octanol–water partition coefficient (Wildman–Crippen LogP) is -0.819. The maximum atomic E-state index is 11.3. The van der Waals surface area contributed by atoms with E-state index in [1.165, 1.54) is 16.9 Å². The molecule has 0 amide bonds. The van der Waals surface area contributed by atoms with Gasteiger partial charge < -0.3 is 0 Å². The summed E-state index contributed by atoms with van der Waals surface area (Å²) in [7, 11) is 0. The number of aromatic amines is 1. The van der Waals surface area contributed by atoms with Gasteiger partial charge in [0, 0.05) is 0 Å². The summed E-state index contributed by atoms with van der Waals surface area (Å²) in [6.45, 7) is 0. The van der Waals surface area contributed by atoms with Crippen molar-refractivity contribution in [3.8, 4) is 0 Å². The summed E-state index contributed by atoms with van der Waals surface area (Å²) in [6, 6.07) is 7.32. The predicted molar refractivity (Wildman–Crippen MR) is 50.5 cm³/mol. The molecule has 0 spiro atoms. The Morgan fingerprint density at radius 2 is 2.08 bits per heavy atom. The normalized spacial score (nSPS) is 10.4. The molecule has 0 aliphatic carbocycles. The van der Waals surface area contributed by atoms with E-state index in [4.69, 9.17) is 0 Å². The molecule has 2 aromatic rings. The van der Waals surface area contributed by atoms with Crippen molar-refractivity contribution >= 4 is 32.4 Å². The Bertz CT molecular complexity index is 478. The van der Waals surface area contributed by atoms with Gasteiger partial charge in [0.25, 0.3) is 0 Å². The van der Waals surface area contributed by atoms with Crippen molar-refractivity contribution in [2.45, 2.75) is 0 Å². The molecule has 1 aromatic heterocycles. The average molecular weight is 222 g/mol. The standard InChI is InChI=1S/C8H7AsN2O/c9-8-10-6-4-2-1-3-5(6)7(12)11-8/h1-4H,9H2,(H,10,11,12). The third kappa shape index (κ3) is 1.16. The third-order valence-electron chi connectivity index (χ3n) is 1.63. The van der Waals surface area contributed by atoms with Crippen molar-refractivity contribution in [1.29, 1.82) is 0 Å². The molecular weight excluding hydrogens is 215 g/mol. The molecule has 1 aromatic carbocycles. The summed E-state index contributed by atoms with van der Waals surface area (Å²) in [5.74, 6) is 0. The van der Waals surface area contributed by atoms with Gasteiger partial charge in [-0.05, 0) is 0 Å². The zero-order valence-corrected chi connectivity index (χ0v) is 8.66. The van der Waals surface area contributed by atoms with Crippen LogP contribution in [-0.4, -0.2) is 26.8 Å². The van der Waals surface area contributed by atoms with Crippen LogP contribution >= 0.6 is 0 Å². The number of H-pyrrole nitrogens is 1. The van der Waals surface area contributed by atoms with Crippen molar-refractivity contribution in [2.24, 2.45) is 0 Å². The zero-order chi connectivity index (χ0) is 8.55. The topological polar surface area (TPSA) is 45.8 Å². The summed E-state index contributed by atoms with van der Waals surface area (Å²) in [5, 5.41) is 0.652. The second-order valence-electron chi connectivity index (χ2n) is 2.47. The molecule has 60 valence electrons. The van der Waals surface area contributed by atoms with E-state index in [-0.39, 0.29) is 5.56 Å². The van der Waals surface area contributed by atoms with Gasteiger partial charge in [-0.25, -0.2) is 0 Å². The Balaban J connectivity index is 2.99. The monoisotopic (exact) mass is 222 g/mol. The van der Waals surface area contributed by atoms with Gasteiger partial charge >= 0.3 is 77.0 Å². The molecule has 1 atom stereocenters. The quantitative estimate of drug-likeness (QED) is 0.592. The van der Waals surface area contributed by atoms with E-state index >= 15 is 0 Å². The van der Waals surface area contributed by atoms with Crippen LogP contribution in [0.2, 0.25) is 0 Å². The van der Waals surface area contributed by atoms with Crippen LogP contribution in [0.15, 0.2) is 29.1 Å². The number of para-hydroxylation sites is 1.